The number of methoxy groups -OCH3 is 2. The molecule has 0 unspecified atom stereocenters. The van der Waals surface area contributed by atoms with E-state index in [4.69, 9.17) is 19.4 Å². The molecule has 0 amide bonds. The summed E-state index contributed by atoms with van der Waals surface area (Å²) >= 11 is 2.80. The van der Waals surface area contributed by atoms with E-state index < -0.39 is 0 Å². The van der Waals surface area contributed by atoms with E-state index in [-0.39, 0.29) is 5.56 Å². The van der Waals surface area contributed by atoms with E-state index in [1.54, 1.807) is 18.8 Å². The van der Waals surface area contributed by atoms with E-state index in [1.807, 2.05) is 73.0 Å². The van der Waals surface area contributed by atoms with Gasteiger partial charge in [0.25, 0.3) is 5.56 Å². The number of ether oxygens (including phenoxy) is 2. The van der Waals surface area contributed by atoms with Crippen LogP contribution < -0.4 is 15.0 Å². The Balaban J connectivity index is 1.69. The number of para-hydroxylation sites is 2. The molecule has 38 heavy (non-hydrogen) atoms. The van der Waals surface area contributed by atoms with Gasteiger partial charge in [-0.15, -0.1) is 11.3 Å². The zero-order valence-corrected chi connectivity index (χ0v) is 22.6. The number of hydrogen-bond donors (Lipinski definition) is 0. The van der Waals surface area contributed by atoms with Gasteiger partial charge in [0, 0.05) is 10.9 Å². The number of benzene rings is 3. The van der Waals surface area contributed by atoms with Crippen molar-refractivity contribution in [3.63, 3.8) is 0 Å². The zero-order chi connectivity index (χ0) is 26.2. The summed E-state index contributed by atoms with van der Waals surface area (Å²) in [6, 6.07) is 27.6. The van der Waals surface area contributed by atoms with Gasteiger partial charge in [0.2, 0.25) is 0 Å². The van der Waals surface area contributed by atoms with Crippen LogP contribution in [-0.4, -0.2) is 35.0 Å². The van der Waals surface area contributed by atoms with E-state index >= 15 is 0 Å². The lowest BCUT2D eigenvalue weighted by molar-refractivity contribution is 0.411. The number of thiophene rings is 1. The molecule has 0 fully saturated rings. The predicted octanol–water partition coefficient (Wildman–Crippen LogP) is 7.07. The van der Waals surface area contributed by atoms with Crippen LogP contribution >= 0.6 is 23.1 Å². The van der Waals surface area contributed by atoms with Crippen molar-refractivity contribution in [2.45, 2.75) is 5.16 Å². The Morgan fingerprint density at radius 2 is 1.58 bits per heavy atom. The van der Waals surface area contributed by atoms with Gasteiger partial charge >= 0.3 is 0 Å². The molecule has 0 saturated heterocycles. The molecule has 6 aromatic rings. The Morgan fingerprint density at radius 3 is 2.29 bits per heavy atom. The Hall–Kier alpha value is -4.14. The summed E-state index contributed by atoms with van der Waals surface area (Å²) in [5.41, 5.74) is 4.99. The largest absolute Gasteiger partial charge is 0.497 e. The lowest BCUT2D eigenvalue weighted by Crippen LogP contribution is -2.21. The molecule has 6 rings (SSSR count). The quantitative estimate of drug-likeness (QED) is 0.167. The normalized spacial score (nSPS) is 11.2. The minimum Gasteiger partial charge on any atom is -0.497 e. The van der Waals surface area contributed by atoms with Crippen molar-refractivity contribution in [1.29, 1.82) is 0 Å². The maximum absolute atomic E-state index is 14.0. The molecule has 0 atom stereocenters. The van der Waals surface area contributed by atoms with Gasteiger partial charge in [0.05, 0.1) is 31.1 Å². The van der Waals surface area contributed by atoms with E-state index in [0.717, 1.165) is 38.4 Å². The molecule has 0 aliphatic heterocycles. The van der Waals surface area contributed by atoms with Crippen molar-refractivity contribution in [1.82, 2.24) is 14.5 Å². The topological polar surface area (TPSA) is 66.2 Å². The third-order valence-electron chi connectivity index (χ3n) is 6.41. The molecule has 0 bridgehead atoms. The number of thioether (sulfide) groups is 1. The van der Waals surface area contributed by atoms with Gasteiger partial charge in [-0.3, -0.25) is 9.36 Å². The third-order valence-corrected chi connectivity index (χ3v) is 8.11. The summed E-state index contributed by atoms with van der Waals surface area (Å²) in [5.74, 6) is 1.39. The lowest BCUT2D eigenvalue weighted by Gasteiger charge is -2.14. The van der Waals surface area contributed by atoms with Gasteiger partial charge in [0.15, 0.2) is 5.16 Å². The third kappa shape index (κ3) is 4.02. The number of pyridine rings is 1. The van der Waals surface area contributed by atoms with E-state index in [1.165, 1.54) is 23.1 Å². The van der Waals surface area contributed by atoms with Crippen molar-refractivity contribution in [2.75, 3.05) is 20.5 Å². The Bertz CT molecular complexity index is 1850. The van der Waals surface area contributed by atoms with E-state index in [2.05, 4.69) is 18.2 Å². The average molecular weight is 538 g/mol. The van der Waals surface area contributed by atoms with Crippen LogP contribution in [0.15, 0.2) is 94.9 Å². The minimum atomic E-state index is -0.142. The average Bonchev–Trinajstić information content (AvgIpc) is 3.36. The second kappa shape index (κ2) is 9.96. The van der Waals surface area contributed by atoms with Crippen molar-refractivity contribution in [3.8, 4) is 39.6 Å². The van der Waals surface area contributed by atoms with Crippen molar-refractivity contribution in [2.24, 2.45) is 0 Å². The fourth-order valence-electron chi connectivity index (χ4n) is 4.59. The molecule has 3 heterocycles. The number of aromatic nitrogens is 3. The second-order valence-electron chi connectivity index (χ2n) is 8.52. The van der Waals surface area contributed by atoms with Gasteiger partial charge in [-0.05, 0) is 59.8 Å². The van der Waals surface area contributed by atoms with Gasteiger partial charge in [0.1, 0.15) is 21.0 Å². The van der Waals surface area contributed by atoms with Crippen LogP contribution in [0.1, 0.15) is 0 Å². The number of fused-ring (bicyclic) bond motifs is 3. The molecular formula is C30H23N3O3S2. The molecule has 0 aliphatic carbocycles. The Labute approximate surface area is 227 Å². The zero-order valence-electron chi connectivity index (χ0n) is 21.0. The maximum atomic E-state index is 14.0. The van der Waals surface area contributed by atoms with E-state index in [9.17, 15) is 4.79 Å². The van der Waals surface area contributed by atoms with E-state index in [0.29, 0.717) is 26.8 Å². The molecule has 3 aromatic heterocycles. The first-order chi connectivity index (χ1) is 18.6. The molecule has 3 aromatic carbocycles. The van der Waals surface area contributed by atoms with Crippen LogP contribution in [0, 0.1) is 0 Å². The minimum absolute atomic E-state index is 0.142. The van der Waals surface area contributed by atoms with Gasteiger partial charge in [-0.25, -0.2) is 9.97 Å². The fourth-order valence-corrected chi connectivity index (χ4v) is 6.20. The fraction of sp³-hybridized carbons (Fsp3) is 0.100. The van der Waals surface area contributed by atoms with Gasteiger partial charge in [-0.1, -0.05) is 54.2 Å². The van der Waals surface area contributed by atoms with Crippen LogP contribution in [0.4, 0.5) is 0 Å². The summed E-state index contributed by atoms with van der Waals surface area (Å²) < 4.78 is 13.1. The SMILES string of the molecule is COc1ccc(-c2cc(-c3ccccc3)c3c(n2)sc2c(=O)n(-c4ccccc4OC)c(SC)nc23)cc1. The molecule has 6 nitrogen and oxygen atoms in total. The van der Waals surface area contributed by atoms with Crippen LogP contribution in [0.5, 0.6) is 11.5 Å². The first-order valence-corrected chi connectivity index (χ1v) is 13.9. The number of rotatable bonds is 6. The van der Waals surface area contributed by atoms with Crippen LogP contribution in [0.3, 0.4) is 0 Å². The highest BCUT2D eigenvalue weighted by Crippen LogP contribution is 2.40. The first-order valence-electron chi connectivity index (χ1n) is 11.9. The Morgan fingerprint density at radius 1 is 0.842 bits per heavy atom. The first kappa shape index (κ1) is 24.2. The molecule has 0 spiro atoms. The molecule has 8 heteroatoms. The summed E-state index contributed by atoms with van der Waals surface area (Å²) in [5, 5.41) is 1.47. The summed E-state index contributed by atoms with van der Waals surface area (Å²) in [7, 11) is 3.25. The number of nitrogens with zero attached hydrogens (tertiary/aromatic N) is 3. The molecular weight excluding hydrogens is 514 g/mol. The monoisotopic (exact) mass is 537 g/mol. The van der Waals surface area contributed by atoms with Crippen molar-refractivity contribution >= 4 is 43.5 Å². The molecule has 0 radical (unpaired) electrons. The van der Waals surface area contributed by atoms with Gasteiger partial charge < -0.3 is 9.47 Å². The second-order valence-corrected chi connectivity index (χ2v) is 10.3. The highest BCUT2D eigenvalue weighted by molar-refractivity contribution is 7.98. The van der Waals surface area contributed by atoms with Crippen molar-refractivity contribution < 1.29 is 9.47 Å². The lowest BCUT2D eigenvalue weighted by atomic mass is 10.00. The van der Waals surface area contributed by atoms with Crippen LogP contribution in [0.2, 0.25) is 0 Å². The standard InChI is InChI=1S/C30H23N3O3S2/c1-35-20-15-13-19(14-16-20)22-17-21(18-9-5-4-6-10-18)25-26-27(38-28(25)31-22)29(34)33(30(32-26)37-3)23-11-7-8-12-24(23)36-2/h4-17H,1-3H3. The number of hydrogen-bond acceptors (Lipinski definition) is 7. The van der Waals surface area contributed by atoms with Crippen molar-refractivity contribution in [3.05, 3.63) is 95.3 Å². The summed E-state index contributed by atoms with van der Waals surface area (Å²) in [4.78, 5) is 24.9. The maximum Gasteiger partial charge on any atom is 0.276 e. The van der Waals surface area contributed by atoms with Crippen LogP contribution in [-0.2, 0) is 0 Å². The summed E-state index contributed by atoms with van der Waals surface area (Å²) in [6.45, 7) is 0. The smallest absolute Gasteiger partial charge is 0.276 e. The van der Waals surface area contributed by atoms with Gasteiger partial charge in [-0.2, -0.15) is 0 Å². The summed E-state index contributed by atoms with van der Waals surface area (Å²) in [6.07, 6.45) is 1.92. The molecule has 188 valence electrons. The highest BCUT2D eigenvalue weighted by Gasteiger charge is 2.22. The Kier molecular flexibility index (Phi) is 6.35. The highest BCUT2D eigenvalue weighted by atomic mass is 32.2. The molecule has 0 aliphatic rings. The molecule has 0 saturated carbocycles. The molecule has 0 N–H and O–H groups in total. The van der Waals surface area contributed by atoms with Crippen LogP contribution in [0.25, 0.3) is 48.5 Å². The predicted molar refractivity (Wildman–Crippen MR) is 156 cm³/mol.